The van der Waals surface area contributed by atoms with Gasteiger partial charge in [0.05, 0.1) is 17.8 Å². The lowest BCUT2D eigenvalue weighted by Crippen LogP contribution is -2.27. The van der Waals surface area contributed by atoms with Crippen molar-refractivity contribution in [3.8, 4) is 11.3 Å². The van der Waals surface area contributed by atoms with Crippen LogP contribution in [0.25, 0.3) is 33.3 Å². The van der Waals surface area contributed by atoms with Gasteiger partial charge in [0.15, 0.2) is 5.65 Å². The minimum absolute atomic E-state index is 0. The highest BCUT2D eigenvalue weighted by molar-refractivity contribution is 5.94. The molecule has 1 N–H and O–H groups in total. The Labute approximate surface area is 215 Å². The van der Waals surface area contributed by atoms with Crippen LogP contribution in [0.15, 0.2) is 72.9 Å². The summed E-state index contributed by atoms with van der Waals surface area (Å²) in [6.45, 7) is 2.16. The quantitative estimate of drug-likeness (QED) is 0.321. The largest absolute Gasteiger partial charge is 0.352 e. The fourth-order valence-electron chi connectivity index (χ4n) is 4.01. The molecule has 36 heavy (non-hydrogen) atoms. The Balaban J connectivity index is 0.00000304. The van der Waals surface area contributed by atoms with E-state index in [2.05, 4.69) is 43.7 Å². The first kappa shape index (κ1) is 25.2. The Morgan fingerprint density at radius 1 is 1.00 bits per heavy atom. The van der Waals surface area contributed by atoms with Crippen molar-refractivity contribution in [2.45, 2.75) is 13.0 Å². The van der Waals surface area contributed by atoms with Gasteiger partial charge in [-0.25, -0.2) is 9.67 Å². The number of hydrogen-bond donors (Lipinski definition) is 1. The summed E-state index contributed by atoms with van der Waals surface area (Å²) in [5.74, 6) is -0.0634. The van der Waals surface area contributed by atoms with Gasteiger partial charge < -0.3 is 10.2 Å². The molecule has 0 saturated carbocycles. The summed E-state index contributed by atoms with van der Waals surface area (Å²) in [6.07, 6.45) is 2.71. The topological polar surface area (TPSA) is 88.8 Å². The molecule has 0 unspecified atom stereocenters. The zero-order valence-electron chi connectivity index (χ0n) is 20.3. The van der Waals surface area contributed by atoms with Crippen LogP contribution in [0.4, 0.5) is 0 Å². The molecule has 5 rings (SSSR count). The van der Waals surface area contributed by atoms with Crippen LogP contribution in [0.3, 0.4) is 0 Å². The lowest BCUT2D eigenvalue weighted by atomic mass is 10.1. The van der Waals surface area contributed by atoms with Gasteiger partial charge >= 0.3 is 0 Å². The van der Waals surface area contributed by atoms with E-state index in [1.165, 1.54) is 0 Å². The van der Waals surface area contributed by atoms with Gasteiger partial charge in [-0.05, 0) is 75.1 Å². The van der Waals surface area contributed by atoms with Crippen LogP contribution in [-0.4, -0.2) is 63.0 Å². The molecule has 0 atom stereocenters. The molecule has 184 valence electrons. The van der Waals surface area contributed by atoms with Gasteiger partial charge in [-0.3, -0.25) is 9.78 Å². The highest BCUT2D eigenvalue weighted by Crippen LogP contribution is 2.22. The Morgan fingerprint density at radius 2 is 1.81 bits per heavy atom. The average molecular weight is 502 g/mol. The minimum atomic E-state index is -0.0634. The predicted molar refractivity (Wildman–Crippen MR) is 144 cm³/mol. The number of benzene rings is 2. The third-order valence-electron chi connectivity index (χ3n) is 5.87. The van der Waals surface area contributed by atoms with E-state index in [1.54, 1.807) is 6.20 Å². The minimum Gasteiger partial charge on any atom is -0.352 e. The van der Waals surface area contributed by atoms with E-state index in [0.29, 0.717) is 18.7 Å². The number of fused-ring (bicyclic) bond motifs is 2. The summed E-state index contributed by atoms with van der Waals surface area (Å²) in [5, 5.41) is 12.7. The van der Waals surface area contributed by atoms with Crippen molar-refractivity contribution < 1.29 is 4.79 Å². The number of halogens is 1. The van der Waals surface area contributed by atoms with Crippen LogP contribution in [-0.2, 0) is 6.54 Å². The molecule has 8 nitrogen and oxygen atoms in total. The molecule has 0 radical (unpaired) electrons. The monoisotopic (exact) mass is 501 g/mol. The molecule has 5 aromatic rings. The van der Waals surface area contributed by atoms with Gasteiger partial charge in [0.1, 0.15) is 5.52 Å². The summed E-state index contributed by atoms with van der Waals surface area (Å²) in [4.78, 5) is 23.7. The van der Waals surface area contributed by atoms with Crippen molar-refractivity contribution in [2.75, 3.05) is 27.2 Å². The summed E-state index contributed by atoms with van der Waals surface area (Å²) >= 11 is 0. The number of carbonyl (C=O) groups is 1. The molecule has 9 heteroatoms. The van der Waals surface area contributed by atoms with Gasteiger partial charge in [-0.2, -0.15) is 0 Å². The molecule has 3 heterocycles. The second-order valence-corrected chi connectivity index (χ2v) is 8.81. The average Bonchev–Trinajstić information content (AvgIpc) is 3.28. The number of pyridine rings is 2. The van der Waals surface area contributed by atoms with E-state index in [0.717, 1.165) is 51.9 Å². The summed E-state index contributed by atoms with van der Waals surface area (Å²) in [7, 11) is 4.05. The molecule has 0 bridgehead atoms. The van der Waals surface area contributed by atoms with Crippen molar-refractivity contribution in [2.24, 2.45) is 0 Å². The SMILES string of the molecule is CN(C)CCCNC(=O)c1ccc(-c2ccc3nnn(Cc4ccc5ncccc5c4)c3n2)cc1.Cl. The van der Waals surface area contributed by atoms with Crippen LogP contribution in [0.1, 0.15) is 22.3 Å². The summed E-state index contributed by atoms with van der Waals surface area (Å²) < 4.78 is 1.81. The molecule has 0 spiro atoms. The number of rotatable bonds is 8. The zero-order valence-corrected chi connectivity index (χ0v) is 21.1. The molecule has 0 aliphatic carbocycles. The van der Waals surface area contributed by atoms with Gasteiger partial charge in [0.25, 0.3) is 5.91 Å². The Kier molecular flexibility index (Phi) is 7.87. The van der Waals surface area contributed by atoms with E-state index < -0.39 is 0 Å². The second-order valence-electron chi connectivity index (χ2n) is 8.81. The number of hydrogen-bond acceptors (Lipinski definition) is 6. The lowest BCUT2D eigenvalue weighted by Gasteiger charge is -2.10. The highest BCUT2D eigenvalue weighted by Gasteiger charge is 2.11. The molecule has 0 saturated heterocycles. The molecular weight excluding hydrogens is 474 g/mol. The molecule has 0 aliphatic heterocycles. The van der Waals surface area contributed by atoms with Gasteiger partial charge in [-0.1, -0.05) is 29.5 Å². The number of amides is 1. The molecule has 2 aromatic carbocycles. The standard InChI is InChI=1S/C27H27N7O.ClH/c1-33(2)16-4-15-29-27(35)21-9-7-20(8-10-21)24-12-13-25-26(30-24)34(32-31-25)18-19-6-11-23-22(17-19)5-3-14-28-23;/h3,5-14,17H,4,15-16,18H2,1-2H3,(H,29,35);1H. The van der Waals surface area contributed by atoms with Crippen molar-refractivity contribution in [1.82, 2.24) is 35.2 Å². The number of carbonyl (C=O) groups excluding carboxylic acids is 1. The van der Waals surface area contributed by atoms with Crippen molar-refractivity contribution in [1.29, 1.82) is 0 Å². The lowest BCUT2D eigenvalue weighted by molar-refractivity contribution is 0.0952. The van der Waals surface area contributed by atoms with E-state index in [-0.39, 0.29) is 18.3 Å². The zero-order chi connectivity index (χ0) is 24.2. The summed E-state index contributed by atoms with van der Waals surface area (Å²) in [6, 6.07) is 21.5. The predicted octanol–water partition coefficient (Wildman–Crippen LogP) is 4.19. The Morgan fingerprint density at radius 3 is 2.61 bits per heavy atom. The third-order valence-corrected chi connectivity index (χ3v) is 5.87. The van der Waals surface area contributed by atoms with Crippen LogP contribution >= 0.6 is 12.4 Å². The third kappa shape index (κ3) is 5.67. The van der Waals surface area contributed by atoms with E-state index in [1.807, 2.05) is 67.3 Å². The number of aromatic nitrogens is 5. The van der Waals surface area contributed by atoms with Crippen molar-refractivity contribution in [3.63, 3.8) is 0 Å². The first-order valence-corrected chi connectivity index (χ1v) is 11.6. The Hall–Kier alpha value is -3.88. The number of nitrogens with one attached hydrogen (secondary N) is 1. The fraction of sp³-hybridized carbons (Fsp3) is 0.222. The van der Waals surface area contributed by atoms with Gasteiger partial charge in [-0.15, -0.1) is 17.5 Å². The van der Waals surface area contributed by atoms with Crippen LogP contribution in [0, 0.1) is 0 Å². The van der Waals surface area contributed by atoms with E-state index in [4.69, 9.17) is 4.98 Å². The molecule has 1 amide bonds. The van der Waals surface area contributed by atoms with E-state index in [9.17, 15) is 4.79 Å². The second kappa shape index (κ2) is 11.2. The smallest absolute Gasteiger partial charge is 0.251 e. The number of nitrogens with zero attached hydrogens (tertiary/aromatic N) is 6. The van der Waals surface area contributed by atoms with E-state index >= 15 is 0 Å². The molecule has 3 aromatic heterocycles. The molecular formula is C27H28ClN7O. The maximum Gasteiger partial charge on any atom is 0.251 e. The summed E-state index contributed by atoms with van der Waals surface area (Å²) in [5.41, 5.74) is 5.90. The highest BCUT2D eigenvalue weighted by atomic mass is 35.5. The van der Waals surface area contributed by atoms with Crippen LogP contribution in [0.5, 0.6) is 0 Å². The molecule has 0 fully saturated rings. The van der Waals surface area contributed by atoms with Gasteiger partial charge in [0, 0.05) is 29.3 Å². The van der Waals surface area contributed by atoms with Crippen LogP contribution < -0.4 is 5.32 Å². The van der Waals surface area contributed by atoms with Gasteiger partial charge in [0.2, 0.25) is 0 Å². The molecule has 0 aliphatic rings. The maximum absolute atomic E-state index is 12.4. The van der Waals surface area contributed by atoms with Crippen molar-refractivity contribution in [3.05, 3.63) is 84.1 Å². The normalized spacial score (nSPS) is 11.1. The maximum atomic E-state index is 12.4. The first-order chi connectivity index (χ1) is 17.1. The van der Waals surface area contributed by atoms with Crippen molar-refractivity contribution >= 4 is 40.4 Å². The first-order valence-electron chi connectivity index (χ1n) is 11.6. The van der Waals surface area contributed by atoms with Crippen LogP contribution in [0.2, 0.25) is 0 Å². The fourth-order valence-corrected chi connectivity index (χ4v) is 4.01. The Bertz CT molecular complexity index is 1480.